The molecule has 2 saturated heterocycles. The number of rotatable bonds is 4. The van der Waals surface area contributed by atoms with Crippen molar-refractivity contribution in [3.63, 3.8) is 0 Å². The predicted octanol–water partition coefficient (Wildman–Crippen LogP) is 4.19. The lowest BCUT2D eigenvalue weighted by Gasteiger charge is -2.44. The summed E-state index contributed by atoms with van der Waals surface area (Å²) in [6, 6.07) is 17.2. The van der Waals surface area contributed by atoms with Gasteiger partial charge in [-0.25, -0.2) is 0 Å². The van der Waals surface area contributed by atoms with Crippen LogP contribution in [0, 0.1) is 0 Å². The maximum absolute atomic E-state index is 11.5. The molecule has 3 aromatic rings. The predicted molar refractivity (Wildman–Crippen MR) is 107 cm³/mol. The molecule has 2 aliphatic rings. The number of benzene rings is 2. The zero-order valence-electron chi connectivity index (χ0n) is 15.7. The van der Waals surface area contributed by atoms with E-state index in [9.17, 15) is 5.11 Å². The molecule has 0 spiro atoms. The van der Waals surface area contributed by atoms with Gasteiger partial charge in [0.25, 0.3) is 0 Å². The highest BCUT2D eigenvalue weighted by molar-refractivity contribution is 5.83. The van der Waals surface area contributed by atoms with E-state index in [1.807, 2.05) is 24.3 Å². The fourth-order valence-corrected chi connectivity index (χ4v) is 5.28. The second-order valence-electron chi connectivity index (χ2n) is 8.06. The van der Waals surface area contributed by atoms with Crippen molar-refractivity contribution >= 4 is 10.9 Å². The zero-order valence-corrected chi connectivity index (χ0v) is 15.7. The first-order valence-electron chi connectivity index (χ1n) is 9.84. The van der Waals surface area contributed by atoms with Crippen molar-refractivity contribution in [2.24, 2.45) is 0 Å². The van der Waals surface area contributed by atoms with Gasteiger partial charge in [-0.2, -0.15) is 0 Å². The molecule has 3 atom stereocenters. The Hall–Kier alpha value is -2.30. The molecule has 4 nitrogen and oxygen atoms in total. The van der Waals surface area contributed by atoms with Gasteiger partial charge in [0, 0.05) is 41.3 Å². The summed E-state index contributed by atoms with van der Waals surface area (Å²) >= 11 is 0. The van der Waals surface area contributed by atoms with E-state index in [2.05, 4.69) is 40.3 Å². The topological polar surface area (TPSA) is 48.5 Å². The largest absolute Gasteiger partial charge is 0.496 e. The number of para-hydroxylation sites is 2. The van der Waals surface area contributed by atoms with E-state index in [0.717, 1.165) is 43.5 Å². The average molecular weight is 362 g/mol. The monoisotopic (exact) mass is 362 g/mol. The summed E-state index contributed by atoms with van der Waals surface area (Å²) in [5, 5.41) is 12.8. The Bertz CT molecular complexity index is 950. The van der Waals surface area contributed by atoms with Crippen LogP contribution in [0.4, 0.5) is 0 Å². The number of hydrogen-bond acceptors (Lipinski definition) is 3. The third kappa shape index (κ3) is 2.75. The standard InChI is InChI=1S/C23H26N2O2/c1-27-22-9-5-3-7-20(22)23(26)12-17-10-11-18(13-23)25(17)15-16-14-24-21-8-4-2-6-19(16)21/h2-9,14,17-18,24,26H,10-13,15H2,1H3/t17-,18+,23?. The highest BCUT2D eigenvalue weighted by Crippen LogP contribution is 2.48. The van der Waals surface area contributed by atoms with Crippen molar-refractivity contribution in [2.75, 3.05) is 7.11 Å². The Balaban J connectivity index is 1.42. The molecule has 5 rings (SSSR count). The fraction of sp³-hybridized carbons (Fsp3) is 0.391. The van der Waals surface area contributed by atoms with Crippen molar-refractivity contribution in [2.45, 2.75) is 49.9 Å². The van der Waals surface area contributed by atoms with Crippen LogP contribution in [-0.2, 0) is 12.1 Å². The van der Waals surface area contributed by atoms with E-state index < -0.39 is 5.60 Å². The second-order valence-corrected chi connectivity index (χ2v) is 8.06. The van der Waals surface area contributed by atoms with Gasteiger partial charge in [0.05, 0.1) is 12.7 Å². The third-order valence-corrected chi connectivity index (χ3v) is 6.55. The van der Waals surface area contributed by atoms with Gasteiger partial charge < -0.3 is 14.8 Å². The number of aromatic nitrogens is 1. The molecule has 2 aromatic carbocycles. The van der Waals surface area contributed by atoms with E-state index in [1.165, 1.54) is 16.5 Å². The lowest BCUT2D eigenvalue weighted by molar-refractivity contribution is -0.0605. The summed E-state index contributed by atoms with van der Waals surface area (Å²) in [5.74, 6) is 0.796. The van der Waals surface area contributed by atoms with Crippen LogP contribution in [0.2, 0.25) is 0 Å². The van der Waals surface area contributed by atoms with Crippen LogP contribution in [0.15, 0.2) is 54.7 Å². The van der Waals surface area contributed by atoms with Crippen LogP contribution in [0.25, 0.3) is 10.9 Å². The summed E-state index contributed by atoms with van der Waals surface area (Å²) in [4.78, 5) is 6.00. The molecular formula is C23H26N2O2. The lowest BCUT2D eigenvalue weighted by Crippen LogP contribution is -2.49. The number of ether oxygens (including phenoxy) is 1. The SMILES string of the molecule is COc1ccccc1C1(O)C[C@H]2CC[C@@H](C1)N2Cc1c[nH]c2ccccc12. The minimum absolute atomic E-state index is 0.410. The van der Waals surface area contributed by atoms with Crippen molar-refractivity contribution in [3.05, 3.63) is 65.9 Å². The Kier molecular flexibility index (Phi) is 3.99. The molecule has 1 unspecified atom stereocenters. The first kappa shape index (κ1) is 16.8. The molecule has 1 aromatic heterocycles. The third-order valence-electron chi connectivity index (χ3n) is 6.55. The normalized spacial score (nSPS) is 27.9. The summed E-state index contributed by atoms with van der Waals surface area (Å²) in [6.45, 7) is 0.946. The Morgan fingerprint density at radius 2 is 1.78 bits per heavy atom. The van der Waals surface area contributed by atoms with Gasteiger partial charge in [-0.05, 0) is 43.4 Å². The lowest BCUT2D eigenvalue weighted by atomic mass is 9.80. The number of aliphatic hydroxyl groups is 1. The number of methoxy groups -OCH3 is 1. The molecule has 0 radical (unpaired) electrons. The maximum atomic E-state index is 11.5. The molecule has 0 saturated carbocycles. The van der Waals surface area contributed by atoms with Gasteiger partial charge in [0.2, 0.25) is 0 Å². The molecule has 0 aliphatic carbocycles. The van der Waals surface area contributed by atoms with Crippen molar-refractivity contribution < 1.29 is 9.84 Å². The van der Waals surface area contributed by atoms with Gasteiger partial charge in [-0.3, -0.25) is 4.90 Å². The van der Waals surface area contributed by atoms with Crippen LogP contribution in [-0.4, -0.2) is 34.2 Å². The molecule has 2 N–H and O–H groups in total. The average Bonchev–Trinajstić information content (AvgIpc) is 3.21. The summed E-state index contributed by atoms with van der Waals surface area (Å²) in [6.07, 6.45) is 6.00. The summed E-state index contributed by atoms with van der Waals surface area (Å²) < 4.78 is 5.54. The number of H-pyrrole nitrogens is 1. The van der Waals surface area contributed by atoms with Gasteiger partial charge in [-0.1, -0.05) is 36.4 Å². The number of aromatic amines is 1. The van der Waals surface area contributed by atoms with Gasteiger partial charge in [-0.15, -0.1) is 0 Å². The minimum Gasteiger partial charge on any atom is -0.496 e. The smallest absolute Gasteiger partial charge is 0.124 e. The maximum Gasteiger partial charge on any atom is 0.124 e. The second kappa shape index (κ2) is 6.39. The zero-order chi connectivity index (χ0) is 18.4. The van der Waals surface area contributed by atoms with E-state index in [4.69, 9.17) is 4.74 Å². The number of fused-ring (bicyclic) bond motifs is 3. The van der Waals surface area contributed by atoms with E-state index >= 15 is 0 Å². The Morgan fingerprint density at radius 1 is 1.07 bits per heavy atom. The molecule has 2 fully saturated rings. The molecule has 0 amide bonds. The van der Waals surface area contributed by atoms with Gasteiger partial charge >= 0.3 is 0 Å². The number of nitrogens with zero attached hydrogens (tertiary/aromatic N) is 1. The van der Waals surface area contributed by atoms with Crippen LogP contribution in [0.1, 0.15) is 36.8 Å². The molecule has 2 bridgehead atoms. The molecule has 3 heterocycles. The fourth-order valence-electron chi connectivity index (χ4n) is 5.28. The number of piperidine rings is 1. The molecular weight excluding hydrogens is 336 g/mol. The van der Waals surface area contributed by atoms with Crippen molar-refractivity contribution in [3.8, 4) is 5.75 Å². The van der Waals surface area contributed by atoms with Crippen LogP contribution in [0.3, 0.4) is 0 Å². The van der Waals surface area contributed by atoms with Crippen molar-refractivity contribution in [1.29, 1.82) is 0 Å². The number of hydrogen-bond donors (Lipinski definition) is 2. The van der Waals surface area contributed by atoms with Crippen molar-refractivity contribution in [1.82, 2.24) is 9.88 Å². The molecule has 140 valence electrons. The summed E-state index contributed by atoms with van der Waals surface area (Å²) in [7, 11) is 1.68. The molecule has 27 heavy (non-hydrogen) atoms. The number of nitrogens with one attached hydrogen (secondary N) is 1. The highest BCUT2D eigenvalue weighted by atomic mass is 16.5. The van der Waals surface area contributed by atoms with E-state index in [0.29, 0.717) is 12.1 Å². The Labute approximate surface area is 159 Å². The Morgan fingerprint density at radius 3 is 2.56 bits per heavy atom. The molecule has 2 aliphatic heterocycles. The van der Waals surface area contributed by atoms with Gasteiger partial charge in [0.1, 0.15) is 5.75 Å². The highest BCUT2D eigenvalue weighted by Gasteiger charge is 2.49. The van der Waals surface area contributed by atoms with E-state index in [1.54, 1.807) is 7.11 Å². The van der Waals surface area contributed by atoms with Gasteiger partial charge in [0.15, 0.2) is 0 Å². The quantitative estimate of drug-likeness (QED) is 0.732. The van der Waals surface area contributed by atoms with E-state index in [-0.39, 0.29) is 0 Å². The first-order chi connectivity index (χ1) is 13.2. The van der Waals surface area contributed by atoms with Crippen LogP contribution >= 0.6 is 0 Å². The first-order valence-corrected chi connectivity index (χ1v) is 9.84. The molecule has 4 heteroatoms. The van der Waals surface area contributed by atoms with Crippen LogP contribution in [0.5, 0.6) is 5.75 Å². The summed E-state index contributed by atoms with van der Waals surface area (Å²) in [5.41, 5.74) is 2.69. The van der Waals surface area contributed by atoms with Crippen LogP contribution < -0.4 is 4.74 Å². The minimum atomic E-state index is -0.796.